The Kier molecular flexibility index (Phi) is 5.63. The van der Waals surface area contributed by atoms with E-state index in [0.29, 0.717) is 0 Å². The van der Waals surface area contributed by atoms with Gasteiger partial charge in [0.15, 0.2) is 0 Å². The highest BCUT2D eigenvalue weighted by Crippen LogP contribution is 1.85. The average Bonchev–Trinajstić information content (AvgIpc) is 1.90. The molecule has 0 spiro atoms. The van der Waals surface area contributed by atoms with Gasteiger partial charge in [0, 0.05) is 24.8 Å². The highest BCUT2D eigenvalue weighted by Gasteiger charge is 1.69. The molecule has 2 nitrogen and oxygen atoms in total. The number of rotatable bonds is 0. The van der Waals surface area contributed by atoms with Gasteiger partial charge in [0.05, 0.1) is 0 Å². The predicted molar refractivity (Wildman–Crippen MR) is 42.3 cm³/mol. The van der Waals surface area contributed by atoms with E-state index in [0.717, 1.165) is 0 Å². The fourth-order valence-electron chi connectivity index (χ4n) is 0.253. The summed E-state index contributed by atoms with van der Waals surface area (Å²) in [7, 11) is 0. The van der Waals surface area contributed by atoms with Crippen LogP contribution < -0.4 is 0 Å². The molecular formula is C8H13N2. The first-order chi connectivity index (χ1) is 4.73. The van der Waals surface area contributed by atoms with Gasteiger partial charge < -0.3 is 0 Å². The van der Waals surface area contributed by atoms with Crippen molar-refractivity contribution in [2.75, 3.05) is 0 Å². The third-order valence-electron chi connectivity index (χ3n) is 0.478. The molecule has 10 heavy (non-hydrogen) atoms. The van der Waals surface area contributed by atoms with Crippen LogP contribution in [0.25, 0.3) is 0 Å². The smallest absolute Gasteiger partial charge is 0.0451 e. The van der Waals surface area contributed by atoms with E-state index in [4.69, 9.17) is 0 Å². The third kappa shape index (κ3) is 10.1. The van der Waals surface area contributed by atoms with E-state index < -0.39 is 0 Å². The van der Waals surface area contributed by atoms with Gasteiger partial charge in [0.1, 0.15) is 0 Å². The Balaban J connectivity index is 0.000000180. The molecule has 0 aliphatic heterocycles. The molecule has 0 atom stereocenters. The van der Waals surface area contributed by atoms with Crippen molar-refractivity contribution in [3.05, 3.63) is 30.7 Å². The Bertz CT molecular complexity index is 108. The SMILES string of the molecule is C[C](C)C.c1cnccn1. The zero-order valence-electron chi connectivity index (χ0n) is 6.70. The molecule has 0 aliphatic carbocycles. The molecule has 0 amide bonds. The minimum Gasteiger partial charge on any atom is -0.262 e. The molecule has 0 saturated heterocycles. The van der Waals surface area contributed by atoms with Crippen molar-refractivity contribution in [2.24, 2.45) is 0 Å². The molecule has 1 heterocycles. The molecule has 1 aromatic rings. The summed E-state index contributed by atoms with van der Waals surface area (Å²) in [6.45, 7) is 6.25. The topological polar surface area (TPSA) is 25.8 Å². The lowest BCUT2D eigenvalue weighted by Crippen LogP contribution is -1.66. The number of aromatic nitrogens is 2. The van der Waals surface area contributed by atoms with Crippen LogP contribution >= 0.6 is 0 Å². The van der Waals surface area contributed by atoms with E-state index in [1.165, 1.54) is 5.92 Å². The van der Waals surface area contributed by atoms with Crippen molar-refractivity contribution < 1.29 is 0 Å². The van der Waals surface area contributed by atoms with Gasteiger partial charge in [0.2, 0.25) is 0 Å². The molecular weight excluding hydrogens is 124 g/mol. The summed E-state index contributed by atoms with van der Waals surface area (Å²) in [6.07, 6.45) is 6.56. The van der Waals surface area contributed by atoms with E-state index >= 15 is 0 Å². The minimum absolute atomic E-state index is 1.42. The first kappa shape index (κ1) is 9.08. The molecule has 0 bridgehead atoms. The Morgan fingerprint density at radius 2 is 1.00 bits per heavy atom. The Labute approximate surface area is 62.3 Å². The summed E-state index contributed by atoms with van der Waals surface area (Å²) in [5, 5.41) is 0. The van der Waals surface area contributed by atoms with Crippen LogP contribution in [0.2, 0.25) is 0 Å². The van der Waals surface area contributed by atoms with Crippen LogP contribution in [0.3, 0.4) is 0 Å². The van der Waals surface area contributed by atoms with Gasteiger partial charge in [-0.2, -0.15) is 0 Å². The molecule has 1 radical (unpaired) electrons. The van der Waals surface area contributed by atoms with Crippen LogP contribution in [-0.4, -0.2) is 9.97 Å². The Morgan fingerprint density at radius 3 is 1.10 bits per heavy atom. The molecule has 1 aromatic heterocycles. The van der Waals surface area contributed by atoms with Crippen LogP contribution in [0.5, 0.6) is 0 Å². The van der Waals surface area contributed by atoms with Crippen molar-refractivity contribution in [3.63, 3.8) is 0 Å². The minimum atomic E-state index is 1.42. The van der Waals surface area contributed by atoms with Crippen LogP contribution in [0, 0.1) is 5.92 Å². The van der Waals surface area contributed by atoms with Gasteiger partial charge in [-0.25, -0.2) is 0 Å². The maximum absolute atomic E-state index is 3.72. The lowest BCUT2D eigenvalue weighted by atomic mass is 10.3. The summed E-state index contributed by atoms with van der Waals surface area (Å²) < 4.78 is 0. The fraction of sp³-hybridized carbons (Fsp3) is 0.375. The zero-order chi connectivity index (χ0) is 7.82. The monoisotopic (exact) mass is 137 g/mol. The van der Waals surface area contributed by atoms with Gasteiger partial charge >= 0.3 is 0 Å². The van der Waals surface area contributed by atoms with E-state index in [1.54, 1.807) is 24.8 Å². The summed E-state index contributed by atoms with van der Waals surface area (Å²) in [4.78, 5) is 7.44. The zero-order valence-corrected chi connectivity index (χ0v) is 6.70. The van der Waals surface area contributed by atoms with Crippen molar-refractivity contribution in [1.29, 1.82) is 0 Å². The summed E-state index contributed by atoms with van der Waals surface area (Å²) in [6, 6.07) is 0. The maximum atomic E-state index is 3.72. The lowest BCUT2D eigenvalue weighted by Gasteiger charge is -1.78. The standard InChI is InChI=1S/C4H4N2.C4H9/c1-2-6-4-3-5-1;1-4(2)3/h1-4H;1-3H3. The van der Waals surface area contributed by atoms with Gasteiger partial charge in [0.25, 0.3) is 0 Å². The maximum Gasteiger partial charge on any atom is 0.0451 e. The normalized spacial score (nSPS) is 8.40. The summed E-state index contributed by atoms with van der Waals surface area (Å²) in [5.41, 5.74) is 0. The molecule has 0 fully saturated rings. The first-order valence-corrected chi connectivity index (χ1v) is 3.20. The largest absolute Gasteiger partial charge is 0.262 e. The van der Waals surface area contributed by atoms with Crippen LogP contribution in [0.1, 0.15) is 20.8 Å². The first-order valence-electron chi connectivity index (χ1n) is 3.20. The molecule has 0 unspecified atom stereocenters. The van der Waals surface area contributed by atoms with Gasteiger partial charge in [-0.3, -0.25) is 9.97 Å². The molecule has 0 N–H and O–H groups in total. The molecule has 1 rings (SSSR count). The quantitative estimate of drug-likeness (QED) is 0.547. The second kappa shape index (κ2) is 6.20. The molecule has 55 valence electrons. The number of hydrogen-bond donors (Lipinski definition) is 0. The average molecular weight is 137 g/mol. The van der Waals surface area contributed by atoms with Gasteiger partial charge in [-0.15, -0.1) is 0 Å². The van der Waals surface area contributed by atoms with Crippen molar-refractivity contribution in [1.82, 2.24) is 9.97 Å². The highest BCUT2D eigenvalue weighted by atomic mass is 14.7. The van der Waals surface area contributed by atoms with Crippen LogP contribution in [0.15, 0.2) is 24.8 Å². The Hall–Kier alpha value is -0.920. The third-order valence-corrected chi connectivity index (χ3v) is 0.478. The van der Waals surface area contributed by atoms with Crippen LogP contribution in [-0.2, 0) is 0 Å². The molecule has 0 aliphatic rings. The second-order valence-electron chi connectivity index (χ2n) is 2.39. The fourth-order valence-corrected chi connectivity index (χ4v) is 0.253. The molecule has 2 heteroatoms. The van der Waals surface area contributed by atoms with Crippen molar-refractivity contribution >= 4 is 0 Å². The van der Waals surface area contributed by atoms with Gasteiger partial charge in [-0.05, 0) is 5.92 Å². The van der Waals surface area contributed by atoms with E-state index in [2.05, 4.69) is 30.7 Å². The number of hydrogen-bond acceptors (Lipinski definition) is 2. The van der Waals surface area contributed by atoms with Gasteiger partial charge in [-0.1, -0.05) is 20.8 Å². The summed E-state index contributed by atoms with van der Waals surface area (Å²) in [5.74, 6) is 1.42. The van der Waals surface area contributed by atoms with Crippen molar-refractivity contribution in [2.45, 2.75) is 20.8 Å². The summed E-state index contributed by atoms with van der Waals surface area (Å²) >= 11 is 0. The predicted octanol–water partition coefficient (Wildman–Crippen LogP) is 2.10. The highest BCUT2D eigenvalue weighted by molar-refractivity contribution is 4.70. The van der Waals surface area contributed by atoms with E-state index in [9.17, 15) is 0 Å². The Morgan fingerprint density at radius 1 is 0.800 bits per heavy atom. The van der Waals surface area contributed by atoms with E-state index in [1.807, 2.05) is 0 Å². The second-order valence-corrected chi connectivity index (χ2v) is 2.39. The lowest BCUT2D eigenvalue weighted by molar-refractivity contribution is 1.10. The van der Waals surface area contributed by atoms with Crippen molar-refractivity contribution in [3.8, 4) is 0 Å². The van der Waals surface area contributed by atoms with E-state index in [-0.39, 0.29) is 0 Å². The number of nitrogens with zero attached hydrogens (tertiary/aromatic N) is 2. The molecule has 0 aromatic carbocycles. The van der Waals surface area contributed by atoms with Crippen LogP contribution in [0.4, 0.5) is 0 Å². The molecule has 0 saturated carbocycles.